The van der Waals surface area contributed by atoms with Gasteiger partial charge in [-0.1, -0.05) is 0 Å². The maximum atomic E-state index is 14.0. The van der Waals surface area contributed by atoms with Crippen LogP contribution in [0.25, 0.3) is 0 Å². The Kier molecular flexibility index (Phi) is 6.60. The number of hydrogen-bond acceptors (Lipinski definition) is 4. The number of piperazine rings is 1. The van der Waals surface area contributed by atoms with Gasteiger partial charge in [0.2, 0.25) is 0 Å². The van der Waals surface area contributed by atoms with Crippen molar-refractivity contribution in [3.05, 3.63) is 45.9 Å². The Morgan fingerprint density at radius 1 is 1.26 bits per heavy atom. The summed E-state index contributed by atoms with van der Waals surface area (Å²) in [6, 6.07) is 3.59. The van der Waals surface area contributed by atoms with Gasteiger partial charge in [-0.05, 0) is 26.0 Å². The molecule has 1 aliphatic heterocycles. The van der Waals surface area contributed by atoms with E-state index in [2.05, 4.69) is 20.6 Å². The SMILES string of the molecule is CCNC(=NCCc1csc(C)n1)N1CCN(c2cc(F)ccc2F)CC1. The molecule has 0 spiro atoms. The van der Waals surface area contributed by atoms with Gasteiger partial charge in [-0.25, -0.2) is 13.8 Å². The first-order chi connectivity index (χ1) is 13.1. The minimum atomic E-state index is -0.416. The molecule has 1 N–H and O–H groups in total. The second-order valence-electron chi connectivity index (χ2n) is 6.41. The zero-order valence-electron chi connectivity index (χ0n) is 15.7. The summed E-state index contributed by atoms with van der Waals surface area (Å²) in [4.78, 5) is 13.2. The first kappa shape index (κ1) is 19.5. The minimum Gasteiger partial charge on any atom is -0.366 e. The Morgan fingerprint density at radius 2 is 2.04 bits per heavy atom. The van der Waals surface area contributed by atoms with E-state index in [1.165, 1.54) is 12.1 Å². The molecule has 0 atom stereocenters. The standard InChI is InChI=1S/C19H25F2N5S/c1-3-22-19(23-7-6-16-13-27-14(2)24-16)26-10-8-25(9-11-26)18-12-15(20)4-5-17(18)21/h4-5,12-13H,3,6-11H2,1-2H3,(H,22,23). The fourth-order valence-electron chi connectivity index (χ4n) is 3.11. The Bertz CT molecular complexity index is 784. The summed E-state index contributed by atoms with van der Waals surface area (Å²) >= 11 is 1.65. The molecule has 2 heterocycles. The lowest BCUT2D eigenvalue weighted by atomic mass is 10.2. The smallest absolute Gasteiger partial charge is 0.194 e. The molecular weight excluding hydrogens is 368 g/mol. The summed E-state index contributed by atoms with van der Waals surface area (Å²) in [5, 5.41) is 6.47. The molecular formula is C19H25F2N5S. The largest absolute Gasteiger partial charge is 0.366 e. The van der Waals surface area contributed by atoms with Gasteiger partial charge in [-0.3, -0.25) is 4.99 Å². The first-order valence-electron chi connectivity index (χ1n) is 9.21. The lowest BCUT2D eigenvalue weighted by Gasteiger charge is -2.37. The number of aliphatic imine (C=N–C) groups is 1. The third kappa shape index (κ3) is 5.15. The van der Waals surface area contributed by atoms with E-state index < -0.39 is 5.82 Å². The van der Waals surface area contributed by atoms with Gasteiger partial charge < -0.3 is 15.1 Å². The minimum absolute atomic E-state index is 0.329. The van der Waals surface area contributed by atoms with E-state index in [1.807, 2.05) is 18.7 Å². The molecule has 0 unspecified atom stereocenters. The van der Waals surface area contributed by atoms with Gasteiger partial charge >= 0.3 is 0 Å². The number of rotatable bonds is 5. The number of thiazole rings is 1. The molecule has 5 nitrogen and oxygen atoms in total. The molecule has 27 heavy (non-hydrogen) atoms. The van der Waals surface area contributed by atoms with Gasteiger partial charge in [0.05, 0.1) is 16.4 Å². The number of halogens is 2. The van der Waals surface area contributed by atoms with Crippen LogP contribution in [0.4, 0.5) is 14.5 Å². The van der Waals surface area contributed by atoms with Crippen LogP contribution < -0.4 is 10.2 Å². The van der Waals surface area contributed by atoms with Crippen molar-refractivity contribution < 1.29 is 8.78 Å². The number of benzene rings is 1. The summed E-state index contributed by atoms with van der Waals surface area (Å²) in [5.74, 6) is 0.0637. The van der Waals surface area contributed by atoms with Crippen LogP contribution in [-0.4, -0.2) is 55.1 Å². The van der Waals surface area contributed by atoms with E-state index >= 15 is 0 Å². The molecule has 3 rings (SSSR count). The maximum Gasteiger partial charge on any atom is 0.194 e. The van der Waals surface area contributed by atoms with Crippen LogP contribution in [0.3, 0.4) is 0 Å². The van der Waals surface area contributed by atoms with Crippen LogP contribution in [0.5, 0.6) is 0 Å². The van der Waals surface area contributed by atoms with Crippen LogP contribution in [0, 0.1) is 18.6 Å². The van der Waals surface area contributed by atoms with Crippen molar-refractivity contribution in [3.8, 4) is 0 Å². The molecule has 0 amide bonds. The van der Waals surface area contributed by atoms with Crippen LogP contribution in [0.15, 0.2) is 28.6 Å². The summed E-state index contributed by atoms with van der Waals surface area (Å²) in [6.07, 6.45) is 0.813. The highest BCUT2D eigenvalue weighted by molar-refractivity contribution is 7.09. The quantitative estimate of drug-likeness (QED) is 0.626. The molecule has 0 bridgehead atoms. The molecule has 0 aliphatic carbocycles. The number of guanidine groups is 1. The fourth-order valence-corrected chi connectivity index (χ4v) is 3.76. The van der Waals surface area contributed by atoms with E-state index in [0.29, 0.717) is 38.4 Å². The zero-order chi connectivity index (χ0) is 19.2. The Hall–Kier alpha value is -2.22. The van der Waals surface area contributed by atoms with Gasteiger partial charge in [0.15, 0.2) is 5.96 Å². The third-order valence-electron chi connectivity index (χ3n) is 4.46. The van der Waals surface area contributed by atoms with Crippen molar-refractivity contribution in [3.63, 3.8) is 0 Å². The second kappa shape index (κ2) is 9.12. The normalized spacial score (nSPS) is 15.3. The van der Waals surface area contributed by atoms with Crippen molar-refractivity contribution >= 4 is 23.0 Å². The topological polar surface area (TPSA) is 43.8 Å². The van der Waals surface area contributed by atoms with Crippen molar-refractivity contribution in [1.82, 2.24) is 15.2 Å². The number of aryl methyl sites for hydroxylation is 1. The van der Waals surface area contributed by atoms with Crippen LogP contribution in [0.2, 0.25) is 0 Å². The van der Waals surface area contributed by atoms with E-state index in [1.54, 1.807) is 11.3 Å². The first-order valence-corrected chi connectivity index (χ1v) is 10.1. The van der Waals surface area contributed by atoms with Crippen molar-refractivity contribution in [1.29, 1.82) is 0 Å². The molecule has 1 saturated heterocycles. The maximum absolute atomic E-state index is 14.0. The summed E-state index contributed by atoms with van der Waals surface area (Å²) in [5.41, 5.74) is 1.40. The molecule has 0 saturated carbocycles. The molecule has 1 aromatic carbocycles. The number of nitrogens with zero attached hydrogens (tertiary/aromatic N) is 4. The molecule has 8 heteroatoms. The average Bonchev–Trinajstić information content (AvgIpc) is 3.08. The van der Waals surface area contributed by atoms with Gasteiger partial charge in [-0.2, -0.15) is 0 Å². The Labute approximate surface area is 162 Å². The number of hydrogen-bond donors (Lipinski definition) is 1. The lowest BCUT2D eigenvalue weighted by Crippen LogP contribution is -2.52. The highest BCUT2D eigenvalue weighted by atomic mass is 32.1. The van der Waals surface area contributed by atoms with Gasteiger partial charge in [0.25, 0.3) is 0 Å². The summed E-state index contributed by atoms with van der Waals surface area (Å²) in [6.45, 7) is 8.15. The predicted octanol–water partition coefficient (Wildman–Crippen LogP) is 3.06. The van der Waals surface area contributed by atoms with Crippen molar-refractivity contribution in [2.45, 2.75) is 20.3 Å². The Morgan fingerprint density at radius 3 is 2.70 bits per heavy atom. The van der Waals surface area contributed by atoms with Crippen molar-refractivity contribution in [2.75, 3.05) is 44.2 Å². The molecule has 0 radical (unpaired) electrons. The molecule has 1 aliphatic rings. The number of anilines is 1. The summed E-state index contributed by atoms with van der Waals surface area (Å²) < 4.78 is 27.4. The molecule has 1 aromatic heterocycles. The molecule has 146 valence electrons. The summed E-state index contributed by atoms with van der Waals surface area (Å²) in [7, 11) is 0. The van der Waals surface area contributed by atoms with Crippen LogP contribution >= 0.6 is 11.3 Å². The highest BCUT2D eigenvalue weighted by Crippen LogP contribution is 2.22. The fraction of sp³-hybridized carbons (Fsp3) is 0.474. The van der Waals surface area contributed by atoms with E-state index in [0.717, 1.165) is 35.7 Å². The van der Waals surface area contributed by atoms with Crippen LogP contribution in [0.1, 0.15) is 17.6 Å². The number of aromatic nitrogens is 1. The monoisotopic (exact) mass is 393 g/mol. The molecule has 1 fully saturated rings. The van der Waals surface area contributed by atoms with E-state index in [4.69, 9.17) is 4.99 Å². The predicted molar refractivity (Wildman–Crippen MR) is 107 cm³/mol. The molecule has 2 aromatic rings. The van der Waals surface area contributed by atoms with Gasteiger partial charge in [-0.15, -0.1) is 11.3 Å². The van der Waals surface area contributed by atoms with Gasteiger partial charge in [0, 0.05) is 57.1 Å². The van der Waals surface area contributed by atoms with Gasteiger partial charge in [0.1, 0.15) is 11.6 Å². The Balaban J connectivity index is 1.59. The highest BCUT2D eigenvalue weighted by Gasteiger charge is 2.22. The average molecular weight is 394 g/mol. The van der Waals surface area contributed by atoms with E-state index in [9.17, 15) is 8.78 Å². The van der Waals surface area contributed by atoms with Crippen molar-refractivity contribution in [2.24, 2.45) is 4.99 Å². The zero-order valence-corrected chi connectivity index (χ0v) is 16.5. The number of nitrogens with one attached hydrogen (secondary N) is 1. The van der Waals surface area contributed by atoms with E-state index in [-0.39, 0.29) is 5.82 Å². The third-order valence-corrected chi connectivity index (χ3v) is 5.28. The second-order valence-corrected chi connectivity index (χ2v) is 7.48. The lowest BCUT2D eigenvalue weighted by molar-refractivity contribution is 0.370. The van der Waals surface area contributed by atoms with Crippen LogP contribution in [-0.2, 0) is 6.42 Å².